The number of rotatable bonds is 9. The predicted molar refractivity (Wildman–Crippen MR) is 76.1 cm³/mol. The van der Waals surface area contributed by atoms with Gasteiger partial charge in [0.2, 0.25) is 0 Å². The second kappa shape index (κ2) is 8.12. The number of sulfone groups is 1. The van der Waals surface area contributed by atoms with Crippen molar-refractivity contribution in [3.05, 3.63) is 24.0 Å². The average molecular weight is 286 g/mol. The van der Waals surface area contributed by atoms with Crippen molar-refractivity contribution >= 4 is 9.84 Å². The van der Waals surface area contributed by atoms with Crippen molar-refractivity contribution in [3.8, 4) is 5.75 Å². The Hall–Kier alpha value is -1.14. The van der Waals surface area contributed by atoms with Crippen LogP contribution in [-0.2, 0) is 16.4 Å². The Kier molecular flexibility index (Phi) is 6.80. The quantitative estimate of drug-likeness (QED) is 0.743. The SMILES string of the molecule is CCCS(=O)(=O)CCOc1ccc(CNCC)nc1. The standard InChI is InChI=1S/C13H22N2O3S/c1-3-8-19(16,17)9-7-18-13-6-5-12(15-11-13)10-14-4-2/h5-6,11,14H,3-4,7-10H2,1-2H3. The molecule has 19 heavy (non-hydrogen) atoms. The van der Waals surface area contributed by atoms with Gasteiger partial charge in [-0.05, 0) is 25.1 Å². The third-order valence-electron chi connectivity index (χ3n) is 2.53. The Labute approximate surface area is 115 Å². The van der Waals surface area contributed by atoms with E-state index in [4.69, 9.17) is 4.74 Å². The molecule has 1 rings (SSSR count). The minimum Gasteiger partial charge on any atom is -0.491 e. The number of hydrogen-bond acceptors (Lipinski definition) is 5. The first-order valence-corrected chi connectivity index (χ1v) is 8.38. The largest absolute Gasteiger partial charge is 0.491 e. The average Bonchev–Trinajstić information content (AvgIpc) is 2.37. The fourth-order valence-electron chi connectivity index (χ4n) is 1.55. The van der Waals surface area contributed by atoms with E-state index < -0.39 is 9.84 Å². The van der Waals surface area contributed by atoms with Gasteiger partial charge in [-0.15, -0.1) is 0 Å². The second-order valence-corrected chi connectivity index (χ2v) is 6.57. The van der Waals surface area contributed by atoms with Gasteiger partial charge in [0.05, 0.1) is 23.4 Å². The van der Waals surface area contributed by atoms with E-state index in [1.54, 1.807) is 6.20 Å². The summed E-state index contributed by atoms with van der Waals surface area (Å²) in [5, 5.41) is 3.18. The maximum Gasteiger partial charge on any atom is 0.153 e. The molecule has 0 saturated heterocycles. The number of hydrogen-bond donors (Lipinski definition) is 1. The third-order valence-corrected chi connectivity index (χ3v) is 4.35. The highest BCUT2D eigenvalue weighted by Gasteiger charge is 2.09. The normalized spacial score (nSPS) is 11.5. The molecule has 0 spiro atoms. The Morgan fingerprint density at radius 2 is 2.05 bits per heavy atom. The molecule has 0 radical (unpaired) electrons. The van der Waals surface area contributed by atoms with Crippen molar-refractivity contribution in [2.75, 3.05) is 24.7 Å². The molecule has 1 aromatic heterocycles. The molecule has 108 valence electrons. The summed E-state index contributed by atoms with van der Waals surface area (Å²) in [4.78, 5) is 4.23. The lowest BCUT2D eigenvalue weighted by Crippen LogP contribution is -2.17. The van der Waals surface area contributed by atoms with Gasteiger partial charge in [-0.25, -0.2) is 8.42 Å². The molecule has 0 fully saturated rings. The van der Waals surface area contributed by atoms with Crippen molar-refractivity contribution in [2.45, 2.75) is 26.8 Å². The van der Waals surface area contributed by atoms with E-state index in [1.165, 1.54) is 0 Å². The molecule has 0 unspecified atom stereocenters. The predicted octanol–water partition coefficient (Wildman–Crippen LogP) is 1.39. The Bertz CT molecular complexity index is 457. The van der Waals surface area contributed by atoms with Gasteiger partial charge in [-0.2, -0.15) is 0 Å². The molecule has 5 nitrogen and oxygen atoms in total. The molecular formula is C13H22N2O3S. The van der Waals surface area contributed by atoms with E-state index in [9.17, 15) is 8.42 Å². The topological polar surface area (TPSA) is 68.3 Å². The summed E-state index contributed by atoms with van der Waals surface area (Å²) in [7, 11) is -2.98. The number of nitrogens with zero attached hydrogens (tertiary/aromatic N) is 1. The van der Waals surface area contributed by atoms with Gasteiger partial charge in [-0.3, -0.25) is 4.98 Å². The Balaban J connectivity index is 2.38. The fourth-order valence-corrected chi connectivity index (χ4v) is 2.72. The lowest BCUT2D eigenvalue weighted by Gasteiger charge is -2.07. The molecule has 1 aromatic rings. The Morgan fingerprint density at radius 3 is 2.63 bits per heavy atom. The van der Waals surface area contributed by atoms with Crippen LogP contribution in [0.4, 0.5) is 0 Å². The zero-order valence-electron chi connectivity index (χ0n) is 11.6. The lowest BCUT2D eigenvalue weighted by molar-refractivity contribution is 0.339. The van der Waals surface area contributed by atoms with Crippen molar-refractivity contribution < 1.29 is 13.2 Å². The number of ether oxygens (including phenoxy) is 1. The smallest absolute Gasteiger partial charge is 0.153 e. The van der Waals surface area contributed by atoms with Crippen LogP contribution in [-0.4, -0.2) is 38.1 Å². The van der Waals surface area contributed by atoms with Crippen LogP contribution in [0.2, 0.25) is 0 Å². The molecule has 1 N–H and O–H groups in total. The summed E-state index contributed by atoms with van der Waals surface area (Å²) < 4.78 is 28.4. The highest BCUT2D eigenvalue weighted by atomic mass is 32.2. The zero-order valence-corrected chi connectivity index (χ0v) is 12.4. The van der Waals surface area contributed by atoms with Gasteiger partial charge < -0.3 is 10.1 Å². The highest BCUT2D eigenvalue weighted by Crippen LogP contribution is 2.09. The molecule has 0 aromatic carbocycles. The summed E-state index contributed by atoms with van der Waals surface area (Å²) in [6.45, 7) is 5.69. The fraction of sp³-hybridized carbons (Fsp3) is 0.615. The van der Waals surface area contributed by atoms with Crippen LogP contribution >= 0.6 is 0 Å². The van der Waals surface area contributed by atoms with Gasteiger partial charge >= 0.3 is 0 Å². The maximum atomic E-state index is 11.5. The van der Waals surface area contributed by atoms with E-state index in [0.29, 0.717) is 12.2 Å². The zero-order chi connectivity index (χ0) is 14.1. The van der Waals surface area contributed by atoms with Gasteiger partial charge in [0, 0.05) is 6.54 Å². The molecule has 0 aliphatic carbocycles. The van der Waals surface area contributed by atoms with Crippen LogP contribution in [0.3, 0.4) is 0 Å². The van der Waals surface area contributed by atoms with Crippen LogP contribution in [0.5, 0.6) is 5.75 Å². The van der Waals surface area contributed by atoms with Gasteiger partial charge in [-0.1, -0.05) is 13.8 Å². The highest BCUT2D eigenvalue weighted by molar-refractivity contribution is 7.91. The molecule has 0 aliphatic rings. The third kappa shape index (κ3) is 6.54. The van der Waals surface area contributed by atoms with Crippen LogP contribution in [0.1, 0.15) is 26.0 Å². The minimum atomic E-state index is -2.98. The maximum absolute atomic E-state index is 11.5. The van der Waals surface area contributed by atoms with Crippen molar-refractivity contribution in [2.24, 2.45) is 0 Å². The van der Waals surface area contributed by atoms with E-state index in [-0.39, 0.29) is 18.1 Å². The van der Waals surface area contributed by atoms with E-state index in [0.717, 1.165) is 18.8 Å². The molecule has 1 heterocycles. The molecule has 0 bridgehead atoms. The monoisotopic (exact) mass is 286 g/mol. The molecule has 0 aliphatic heterocycles. The minimum absolute atomic E-state index is 0.0555. The summed E-state index contributed by atoms with van der Waals surface area (Å²) >= 11 is 0. The first-order valence-electron chi connectivity index (χ1n) is 6.56. The molecular weight excluding hydrogens is 264 g/mol. The van der Waals surface area contributed by atoms with Gasteiger partial charge in [0.1, 0.15) is 12.4 Å². The number of nitrogens with one attached hydrogen (secondary N) is 1. The summed E-state index contributed by atoms with van der Waals surface area (Å²) in [5.74, 6) is 0.878. The molecule has 0 amide bonds. The van der Waals surface area contributed by atoms with Crippen molar-refractivity contribution in [1.29, 1.82) is 0 Å². The summed E-state index contributed by atoms with van der Waals surface area (Å²) in [6.07, 6.45) is 2.27. The van der Waals surface area contributed by atoms with Crippen molar-refractivity contribution in [3.63, 3.8) is 0 Å². The van der Waals surface area contributed by atoms with Crippen LogP contribution in [0, 0.1) is 0 Å². The first-order chi connectivity index (χ1) is 9.07. The molecule has 0 atom stereocenters. The number of pyridine rings is 1. The molecule has 6 heteroatoms. The second-order valence-electron chi connectivity index (χ2n) is 4.27. The lowest BCUT2D eigenvalue weighted by atomic mass is 10.3. The van der Waals surface area contributed by atoms with Crippen LogP contribution < -0.4 is 10.1 Å². The van der Waals surface area contributed by atoms with E-state index >= 15 is 0 Å². The van der Waals surface area contributed by atoms with E-state index in [1.807, 2.05) is 26.0 Å². The summed E-state index contributed by atoms with van der Waals surface area (Å²) in [6, 6.07) is 3.69. The van der Waals surface area contributed by atoms with Gasteiger partial charge in [0.15, 0.2) is 9.84 Å². The number of aromatic nitrogens is 1. The van der Waals surface area contributed by atoms with Gasteiger partial charge in [0.25, 0.3) is 0 Å². The van der Waals surface area contributed by atoms with Crippen LogP contribution in [0.15, 0.2) is 18.3 Å². The van der Waals surface area contributed by atoms with Crippen LogP contribution in [0.25, 0.3) is 0 Å². The van der Waals surface area contributed by atoms with Crippen molar-refractivity contribution in [1.82, 2.24) is 10.3 Å². The molecule has 0 saturated carbocycles. The van der Waals surface area contributed by atoms with E-state index in [2.05, 4.69) is 10.3 Å². The Morgan fingerprint density at radius 1 is 1.26 bits per heavy atom. The summed E-state index contributed by atoms with van der Waals surface area (Å²) in [5.41, 5.74) is 0.938. The first kappa shape index (κ1) is 15.9.